The smallest absolute Gasteiger partial charge is 0.371 e. The Morgan fingerprint density at radius 2 is 2.17 bits per heavy atom. The number of epoxide rings is 1. The number of nitrogens with zero attached hydrogens (tertiary/aromatic N) is 1. The molecule has 0 spiro atoms. The normalized spacial score (nSPS) is 19.1. The van der Waals surface area contributed by atoms with Crippen molar-refractivity contribution >= 4 is 21.3 Å². The Morgan fingerprint density at radius 1 is 1.44 bits per heavy atom. The van der Waals surface area contributed by atoms with Crippen LogP contribution in [0, 0.1) is 0 Å². The molecular formula is C11H11NO5S. The van der Waals surface area contributed by atoms with Crippen LogP contribution >= 0.6 is 0 Å². The van der Waals surface area contributed by atoms with Crippen LogP contribution in [-0.4, -0.2) is 30.2 Å². The van der Waals surface area contributed by atoms with Gasteiger partial charge in [0.15, 0.2) is 0 Å². The van der Waals surface area contributed by atoms with Crippen LogP contribution in [0.5, 0.6) is 5.88 Å². The average Bonchev–Trinajstić information content (AvgIpc) is 3.02. The molecule has 1 aliphatic rings. The minimum Gasteiger partial charge on any atom is -0.371 e. The van der Waals surface area contributed by atoms with Gasteiger partial charge in [-0.15, -0.1) is 0 Å². The van der Waals surface area contributed by atoms with E-state index in [1.165, 1.54) is 0 Å². The highest BCUT2D eigenvalue weighted by atomic mass is 32.3. The van der Waals surface area contributed by atoms with Crippen molar-refractivity contribution in [1.82, 2.24) is 4.57 Å². The predicted molar refractivity (Wildman–Crippen MR) is 63.9 cm³/mol. The van der Waals surface area contributed by atoms with Crippen LogP contribution in [0.3, 0.4) is 0 Å². The Morgan fingerprint density at radius 3 is 2.83 bits per heavy atom. The van der Waals surface area contributed by atoms with E-state index in [0.717, 1.165) is 10.9 Å². The molecule has 0 aliphatic carbocycles. The summed E-state index contributed by atoms with van der Waals surface area (Å²) in [7, 11) is -4.52. The highest BCUT2D eigenvalue weighted by molar-refractivity contribution is 7.81. The lowest BCUT2D eigenvalue weighted by atomic mass is 10.2. The van der Waals surface area contributed by atoms with Gasteiger partial charge in [-0.1, -0.05) is 18.2 Å². The van der Waals surface area contributed by atoms with E-state index < -0.39 is 10.4 Å². The van der Waals surface area contributed by atoms with E-state index in [9.17, 15) is 8.42 Å². The van der Waals surface area contributed by atoms with E-state index in [-0.39, 0.29) is 12.0 Å². The molecule has 2 heterocycles. The Kier molecular flexibility index (Phi) is 2.54. The van der Waals surface area contributed by atoms with Crippen LogP contribution in [-0.2, 0) is 21.7 Å². The molecule has 1 unspecified atom stereocenters. The number of para-hydroxylation sites is 1. The second kappa shape index (κ2) is 3.98. The summed E-state index contributed by atoms with van der Waals surface area (Å²) < 4.78 is 41.8. The second-order valence-electron chi connectivity index (χ2n) is 4.12. The SMILES string of the molecule is O=S(=O)(O)Oc1cc2ccccc2n1CC1CO1. The molecule has 1 N–H and O–H groups in total. The third-order valence-electron chi connectivity index (χ3n) is 2.75. The largest absolute Gasteiger partial charge is 0.447 e. The molecule has 1 fully saturated rings. The number of benzene rings is 1. The lowest BCUT2D eigenvalue weighted by molar-refractivity contribution is 0.353. The standard InChI is InChI=1S/C11H11NO5S/c13-18(14,15)17-11-5-8-3-1-2-4-10(8)12(11)6-9-7-16-9/h1-5,9H,6-7H2,(H,13,14,15). The summed E-state index contributed by atoms with van der Waals surface area (Å²) >= 11 is 0. The van der Waals surface area contributed by atoms with E-state index in [4.69, 9.17) is 9.29 Å². The summed E-state index contributed by atoms with van der Waals surface area (Å²) in [5.74, 6) is 0.0919. The van der Waals surface area contributed by atoms with E-state index in [1.807, 2.05) is 24.3 Å². The van der Waals surface area contributed by atoms with Gasteiger partial charge in [0.1, 0.15) is 0 Å². The monoisotopic (exact) mass is 269 g/mol. The molecule has 96 valence electrons. The fraction of sp³-hybridized carbons (Fsp3) is 0.273. The zero-order chi connectivity index (χ0) is 12.8. The van der Waals surface area contributed by atoms with Crippen molar-refractivity contribution in [3.05, 3.63) is 30.3 Å². The van der Waals surface area contributed by atoms with Gasteiger partial charge < -0.3 is 13.5 Å². The maximum Gasteiger partial charge on any atom is 0.447 e. The Bertz CT molecular complexity index is 687. The number of rotatable bonds is 4. The minimum atomic E-state index is -4.52. The number of aromatic nitrogens is 1. The molecule has 0 amide bonds. The van der Waals surface area contributed by atoms with Crippen molar-refractivity contribution in [1.29, 1.82) is 0 Å². The van der Waals surface area contributed by atoms with Crippen molar-refractivity contribution in [3.63, 3.8) is 0 Å². The molecule has 7 heteroatoms. The van der Waals surface area contributed by atoms with Gasteiger partial charge in [0, 0.05) is 11.5 Å². The topological polar surface area (TPSA) is 81.1 Å². The van der Waals surface area contributed by atoms with Gasteiger partial charge in [-0.25, -0.2) is 0 Å². The first kappa shape index (κ1) is 11.5. The number of fused-ring (bicyclic) bond motifs is 1. The third-order valence-corrected chi connectivity index (χ3v) is 3.13. The fourth-order valence-electron chi connectivity index (χ4n) is 1.93. The van der Waals surface area contributed by atoms with E-state index in [0.29, 0.717) is 13.2 Å². The van der Waals surface area contributed by atoms with Gasteiger partial charge in [0.25, 0.3) is 0 Å². The first-order valence-corrected chi connectivity index (χ1v) is 6.76. The van der Waals surface area contributed by atoms with Crippen molar-refractivity contribution in [2.45, 2.75) is 12.6 Å². The van der Waals surface area contributed by atoms with Crippen molar-refractivity contribution in [2.24, 2.45) is 0 Å². The summed E-state index contributed by atoms with van der Waals surface area (Å²) in [6, 6.07) is 8.97. The maximum atomic E-state index is 10.8. The molecule has 6 nitrogen and oxygen atoms in total. The Balaban J connectivity index is 2.09. The molecule has 1 aliphatic heterocycles. The molecular weight excluding hydrogens is 258 g/mol. The third kappa shape index (κ3) is 2.33. The molecule has 0 bridgehead atoms. The molecule has 1 aromatic heterocycles. The van der Waals surface area contributed by atoms with E-state index >= 15 is 0 Å². The molecule has 0 saturated carbocycles. The number of hydrogen-bond acceptors (Lipinski definition) is 4. The summed E-state index contributed by atoms with van der Waals surface area (Å²) in [4.78, 5) is 0. The number of hydrogen-bond donors (Lipinski definition) is 1. The number of ether oxygens (including phenoxy) is 1. The molecule has 3 rings (SSSR count). The summed E-state index contributed by atoms with van der Waals surface area (Å²) in [5, 5.41) is 0.844. The minimum absolute atomic E-state index is 0.0737. The van der Waals surface area contributed by atoms with Crippen LogP contribution < -0.4 is 4.18 Å². The Labute approximate surface area is 104 Å². The van der Waals surface area contributed by atoms with Crippen LogP contribution in [0.2, 0.25) is 0 Å². The van der Waals surface area contributed by atoms with Gasteiger partial charge in [-0.2, -0.15) is 8.42 Å². The first-order chi connectivity index (χ1) is 8.53. The van der Waals surface area contributed by atoms with Crippen LogP contribution in [0.15, 0.2) is 30.3 Å². The van der Waals surface area contributed by atoms with Gasteiger partial charge in [0.2, 0.25) is 5.88 Å². The van der Waals surface area contributed by atoms with Gasteiger partial charge >= 0.3 is 10.4 Å². The lowest BCUT2D eigenvalue weighted by Crippen LogP contribution is -2.12. The quantitative estimate of drug-likeness (QED) is 0.666. The van der Waals surface area contributed by atoms with Gasteiger partial charge in [-0.05, 0) is 6.07 Å². The van der Waals surface area contributed by atoms with E-state index in [2.05, 4.69) is 4.18 Å². The molecule has 1 aromatic carbocycles. The highest BCUT2D eigenvalue weighted by Gasteiger charge is 2.26. The fourth-order valence-corrected chi connectivity index (χ4v) is 2.28. The molecule has 2 aromatic rings. The molecule has 1 atom stereocenters. The first-order valence-electron chi connectivity index (χ1n) is 5.40. The average molecular weight is 269 g/mol. The lowest BCUT2D eigenvalue weighted by Gasteiger charge is -2.07. The van der Waals surface area contributed by atoms with Gasteiger partial charge in [0.05, 0.1) is 24.8 Å². The highest BCUT2D eigenvalue weighted by Crippen LogP contribution is 2.28. The van der Waals surface area contributed by atoms with Crippen LogP contribution in [0.4, 0.5) is 0 Å². The zero-order valence-corrected chi connectivity index (χ0v) is 10.1. The van der Waals surface area contributed by atoms with Crippen molar-refractivity contribution < 1.29 is 21.9 Å². The molecule has 0 radical (unpaired) electrons. The van der Waals surface area contributed by atoms with Crippen LogP contribution in [0.25, 0.3) is 10.9 Å². The van der Waals surface area contributed by atoms with E-state index in [1.54, 1.807) is 10.6 Å². The summed E-state index contributed by atoms with van der Waals surface area (Å²) in [6.45, 7) is 1.15. The molecule has 18 heavy (non-hydrogen) atoms. The Hall–Kier alpha value is -1.57. The second-order valence-corrected chi connectivity index (χ2v) is 5.14. The zero-order valence-electron chi connectivity index (χ0n) is 9.31. The van der Waals surface area contributed by atoms with Crippen molar-refractivity contribution in [3.8, 4) is 5.88 Å². The van der Waals surface area contributed by atoms with Gasteiger partial charge in [-0.3, -0.25) is 4.55 Å². The maximum absolute atomic E-state index is 10.8. The van der Waals surface area contributed by atoms with Crippen molar-refractivity contribution in [2.75, 3.05) is 6.61 Å². The van der Waals surface area contributed by atoms with Crippen LogP contribution in [0.1, 0.15) is 0 Å². The summed E-state index contributed by atoms with van der Waals surface area (Å²) in [6.07, 6.45) is 0.0737. The molecule has 1 saturated heterocycles. The summed E-state index contributed by atoms with van der Waals surface area (Å²) in [5.41, 5.74) is 0.839. The predicted octanol–water partition coefficient (Wildman–Crippen LogP) is 1.22.